The number of thiophene rings is 1. The molecule has 1 atom stereocenters. The van der Waals surface area contributed by atoms with Crippen molar-refractivity contribution >= 4 is 21.4 Å². The van der Waals surface area contributed by atoms with Gasteiger partial charge in [-0.2, -0.15) is 4.31 Å². The number of ether oxygens (including phenoxy) is 1. The molecule has 1 aromatic rings. The summed E-state index contributed by atoms with van der Waals surface area (Å²) in [4.78, 5) is 0.895. The third-order valence-corrected chi connectivity index (χ3v) is 6.97. The predicted octanol–water partition coefficient (Wildman–Crippen LogP) is 1.86. The number of piperidine rings is 1. The molecule has 2 heterocycles. The highest BCUT2D eigenvalue weighted by Gasteiger charge is 2.31. The molecule has 1 aliphatic rings. The van der Waals surface area contributed by atoms with Crippen molar-refractivity contribution < 1.29 is 18.3 Å². The second-order valence-electron chi connectivity index (χ2n) is 5.19. The normalized spacial score (nSPS) is 20.8. The van der Waals surface area contributed by atoms with Crippen LogP contribution in [0.1, 0.15) is 31.1 Å². The summed E-state index contributed by atoms with van der Waals surface area (Å²) in [6, 6.07) is 3.42. The molecule has 1 aromatic heterocycles. The van der Waals surface area contributed by atoms with Gasteiger partial charge in [-0.15, -0.1) is 11.3 Å². The number of rotatable bonds is 7. The smallest absolute Gasteiger partial charge is 0.252 e. The molecule has 1 unspecified atom stereocenters. The van der Waals surface area contributed by atoms with Crippen molar-refractivity contribution in [2.45, 2.75) is 42.9 Å². The second kappa shape index (κ2) is 7.69. The molecule has 0 aromatic carbocycles. The molecule has 1 saturated heterocycles. The molecule has 2 rings (SSSR count). The summed E-state index contributed by atoms with van der Waals surface area (Å²) < 4.78 is 32.9. The minimum Gasteiger partial charge on any atom is -0.396 e. The van der Waals surface area contributed by atoms with Crippen molar-refractivity contribution in [3.05, 3.63) is 17.0 Å². The number of aliphatic hydroxyl groups is 1. The Hall–Kier alpha value is -0.470. The summed E-state index contributed by atoms with van der Waals surface area (Å²) >= 11 is 1.25. The lowest BCUT2D eigenvalue weighted by Crippen LogP contribution is -2.43. The first-order valence-electron chi connectivity index (χ1n) is 7.39. The summed E-state index contributed by atoms with van der Waals surface area (Å²) in [6.07, 6.45) is 3.21. The molecule has 5 nitrogen and oxygen atoms in total. The average molecular weight is 333 g/mol. The Morgan fingerprint density at radius 3 is 3.00 bits per heavy atom. The lowest BCUT2D eigenvalue weighted by Gasteiger charge is -2.31. The van der Waals surface area contributed by atoms with Gasteiger partial charge >= 0.3 is 0 Å². The van der Waals surface area contributed by atoms with Crippen LogP contribution in [-0.2, 0) is 21.2 Å². The van der Waals surface area contributed by atoms with Gasteiger partial charge < -0.3 is 9.84 Å². The highest BCUT2D eigenvalue weighted by atomic mass is 32.2. The molecule has 0 spiro atoms. The van der Waals surface area contributed by atoms with E-state index in [-0.39, 0.29) is 12.7 Å². The molecule has 0 saturated carbocycles. The van der Waals surface area contributed by atoms with Crippen LogP contribution in [0.25, 0.3) is 0 Å². The van der Waals surface area contributed by atoms with Crippen molar-refractivity contribution in [3.8, 4) is 0 Å². The number of hydrogen-bond donors (Lipinski definition) is 1. The van der Waals surface area contributed by atoms with E-state index in [9.17, 15) is 8.42 Å². The third kappa shape index (κ3) is 4.26. The fraction of sp³-hybridized carbons (Fsp3) is 0.714. The standard InChI is InChI=1S/C14H23NO4S2/c1-2-10-19-12-4-3-8-15(11-12)21(17,18)14-6-5-13(20-14)7-9-16/h5-6,12,16H,2-4,7-11H2,1H3. The van der Waals surface area contributed by atoms with Gasteiger partial charge in [-0.05, 0) is 31.4 Å². The van der Waals surface area contributed by atoms with Crippen LogP contribution in [0.4, 0.5) is 0 Å². The van der Waals surface area contributed by atoms with Gasteiger partial charge in [-0.3, -0.25) is 0 Å². The summed E-state index contributed by atoms with van der Waals surface area (Å²) in [6.45, 7) is 3.76. The van der Waals surface area contributed by atoms with Gasteiger partial charge in [0.25, 0.3) is 10.0 Å². The van der Waals surface area contributed by atoms with E-state index in [1.54, 1.807) is 12.1 Å². The van der Waals surface area contributed by atoms with Crippen molar-refractivity contribution in [2.75, 3.05) is 26.3 Å². The van der Waals surface area contributed by atoms with Gasteiger partial charge in [0.05, 0.1) is 6.10 Å². The molecule has 0 radical (unpaired) electrons. The van der Waals surface area contributed by atoms with E-state index in [1.165, 1.54) is 15.6 Å². The Morgan fingerprint density at radius 1 is 1.48 bits per heavy atom. The van der Waals surface area contributed by atoms with Crippen molar-refractivity contribution in [1.82, 2.24) is 4.31 Å². The Kier molecular flexibility index (Phi) is 6.19. The molecule has 7 heteroatoms. The molecule has 1 N–H and O–H groups in total. The van der Waals surface area contributed by atoms with Crippen LogP contribution < -0.4 is 0 Å². The monoisotopic (exact) mass is 333 g/mol. The van der Waals surface area contributed by atoms with Gasteiger partial charge in [0, 0.05) is 37.6 Å². The third-order valence-electron chi connectivity index (χ3n) is 3.49. The van der Waals surface area contributed by atoms with Crippen LogP contribution in [0.3, 0.4) is 0 Å². The number of hydrogen-bond acceptors (Lipinski definition) is 5. The van der Waals surface area contributed by atoms with E-state index in [0.29, 0.717) is 30.3 Å². The average Bonchev–Trinajstić information content (AvgIpc) is 2.95. The molecule has 1 aliphatic heterocycles. The molecule has 0 amide bonds. The van der Waals surface area contributed by atoms with E-state index in [1.807, 2.05) is 6.92 Å². The summed E-state index contributed by atoms with van der Waals surface area (Å²) in [5.74, 6) is 0. The molecule has 21 heavy (non-hydrogen) atoms. The Bertz CT molecular complexity index is 541. The minimum atomic E-state index is -3.43. The van der Waals surface area contributed by atoms with E-state index >= 15 is 0 Å². The van der Waals surface area contributed by atoms with Crippen LogP contribution in [0.5, 0.6) is 0 Å². The van der Waals surface area contributed by atoms with E-state index in [0.717, 1.165) is 24.1 Å². The molecular weight excluding hydrogens is 310 g/mol. The fourth-order valence-corrected chi connectivity index (χ4v) is 5.42. The number of sulfonamides is 1. The second-order valence-corrected chi connectivity index (χ2v) is 8.53. The van der Waals surface area contributed by atoms with Gasteiger partial charge in [0.1, 0.15) is 4.21 Å². The zero-order valence-electron chi connectivity index (χ0n) is 12.3. The first kappa shape index (κ1) is 16.9. The molecule has 1 fully saturated rings. The highest BCUT2D eigenvalue weighted by molar-refractivity contribution is 7.91. The van der Waals surface area contributed by atoms with Gasteiger partial charge in [-0.25, -0.2) is 8.42 Å². The Morgan fingerprint density at radius 2 is 2.29 bits per heavy atom. The maximum absolute atomic E-state index is 12.6. The van der Waals surface area contributed by atoms with Gasteiger partial charge in [-0.1, -0.05) is 6.92 Å². The summed E-state index contributed by atoms with van der Waals surface area (Å²) in [7, 11) is -3.43. The predicted molar refractivity (Wildman–Crippen MR) is 83.1 cm³/mol. The van der Waals surface area contributed by atoms with Crippen molar-refractivity contribution in [3.63, 3.8) is 0 Å². The van der Waals surface area contributed by atoms with Crippen molar-refractivity contribution in [2.24, 2.45) is 0 Å². The lowest BCUT2D eigenvalue weighted by atomic mass is 10.1. The maximum atomic E-state index is 12.6. The van der Waals surface area contributed by atoms with E-state index in [2.05, 4.69) is 0 Å². The summed E-state index contributed by atoms with van der Waals surface area (Å²) in [5.41, 5.74) is 0. The first-order valence-corrected chi connectivity index (χ1v) is 9.65. The zero-order chi connectivity index (χ0) is 15.3. The maximum Gasteiger partial charge on any atom is 0.252 e. The van der Waals surface area contributed by atoms with Gasteiger partial charge in [0.2, 0.25) is 0 Å². The minimum absolute atomic E-state index is 0.00495. The van der Waals surface area contributed by atoms with Gasteiger partial charge in [0.15, 0.2) is 0 Å². The topological polar surface area (TPSA) is 66.8 Å². The van der Waals surface area contributed by atoms with E-state index in [4.69, 9.17) is 9.84 Å². The van der Waals surface area contributed by atoms with Crippen LogP contribution in [0.15, 0.2) is 16.3 Å². The molecule has 0 aliphatic carbocycles. The largest absolute Gasteiger partial charge is 0.396 e. The van der Waals surface area contributed by atoms with E-state index < -0.39 is 10.0 Å². The van der Waals surface area contributed by atoms with Crippen LogP contribution in [-0.4, -0.2) is 50.2 Å². The Balaban J connectivity index is 2.06. The summed E-state index contributed by atoms with van der Waals surface area (Å²) in [5, 5.41) is 8.93. The Labute approximate surface area is 130 Å². The number of aliphatic hydroxyl groups excluding tert-OH is 1. The lowest BCUT2D eigenvalue weighted by molar-refractivity contribution is 0.0194. The quantitative estimate of drug-likeness (QED) is 0.827. The SMILES string of the molecule is CCCOC1CCCN(S(=O)(=O)c2ccc(CCO)s2)C1. The first-order chi connectivity index (χ1) is 10.1. The number of nitrogens with zero attached hydrogens (tertiary/aromatic N) is 1. The van der Waals surface area contributed by atoms with Crippen molar-refractivity contribution in [1.29, 1.82) is 0 Å². The molecule has 120 valence electrons. The fourth-order valence-electron chi connectivity index (χ4n) is 2.41. The zero-order valence-corrected chi connectivity index (χ0v) is 14.0. The highest BCUT2D eigenvalue weighted by Crippen LogP contribution is 2.27. The van der Waals surface area contributed by atoms with Crippen LogP contribution in [0, 0.1) is 0 Å². The van der Waals surface area contributed by atoms with Crippen LogP contribution in [0.2, 0.25) is 0 Å². The van der Waals surface area contributed by atoms with Crippen LogP contribution >= 0.6 is 11.3 Å². The molecular formula is C14H23NO4S2. The molecule has 0 bridgehead atoms.